The van der Waals surface area contributed by atoms with Crippen LogP contribution in [0.2, 0.25) is 0 Å². The Morgan fingerprint density at radius 1 is 1.24 bits per heavy atom. The van der Waals surface area contributed by atoms with E-state index in [-0.39, 0.29) is 16.8 Å². The van der Waals surface area contributed by atoms with Crippen molar-refractivity contribution in [2.75, 3.05) is 23.5 Å². The highest BCUT2D eigenvalue weighted by atomic mass is 32.2. The minimum atomic E-state index is -3.61. The van der Waals surface area contributed by atoms with Gasteiger partial charge in [-0.1, -0.05) is 6.07 Å². The second kappa shape index (κ2) is 7.98. The quantitative estimate of drug-likeness (QED) is 0.478. The number of halogens is 2. The van der Waals surface area contributed by atoms with Gasteiger partial charge in [-0.15, -0.1) is 0 Å². The van der Waals surface area contributed by atoms with Crippen molar-refractivity contribution in [3.63, 3.8) is 0 Å². The lowest BCUT2D eigenvalue weighted by Crippen LogP contribution is -2.18. The molecule has 1 saturated heterocycles. The molecule has 1 aromatic carbocycles. The van der Waals surface area contributed by atoms with Crippen molar-refractivity contribution in [2.24, 2.45) is 5.92 Å². The van der Waals surface area contributed by atoms with Crippen molar-refractivity contribution in [3.05, 3.63) is 35.7 Å². The first-order chi connectivity index (χ1) is 16.0. The van der Waals surface area contributed by atoms with E-state index in [9.17, 15) is 22.0 Å². The Morgan fingerprint density at radius 3 is 2.65 bits per heavy atom. The number of hydrogen-bond acceptors (Lipinski definition) is 7. The van der Waals surface area contributed by atoms with Crippen LogP contribution in [0, 0.1) is 12.8 Å². The molecule has 1 amide bonds. The summed E-state index contributed by atoms with van der Waals surface area (Å²) in [7, 11) is -3.61. The number of carbonyl (C=O) groups is 1. The third kappa shape index (κ3) is 4.34. The number of aromatic nitrogens is 3. The summed E-state index contributed by atoms with van der Waals surface area (Å²) < 4.78 is 57.5. The molecule has 3 N–H and O–H groups in total. The van der Waals surface area contributed by atoms with Gasteiger partial charge in [0.1, 0.15) is 23.1 Å². The number of aryl methyl sites for hydroxylation is 1. The zero-order valence-electron chi connectivity index (χ0n) is 18.5. The summed E-state index contributed by atoms with van der Waals surface area (Å²) in [4.78, 5) is 23.9. The second-order valence-electron chi connectivity index (χ2n) is 8.74. The van der Waals surface area contributed by atoms with Crippen LogP contribution in [0.15, 0.2) is 29.2 Å². The molecule has 9 nitrogen and oxygen atoms in total. The fourth-order valence-electron chi connectivity index (χ4n) is 4.11. The molecular weight excluding hydrogens is 468 g/mol. The van der Waals surface area contributed by atoms with Gasteiger partial charge in [-0.25, -0.2) is 27.2 Å². The highest BCUT2D eigenvalue weighted by molar-refractivity contribution is 7.90. The normalized spacial score (nSPS) is 21.5. The Balaban J connectivity index is 1.52. The molecule has 1 saturated carbocycles. The number of fused-ring (bicyclic) bond motifs is 1. The Hall–Kier alpha value is -3.12. The minimum Gasteiger partial charge on any atom is -0.374 e. The molecule has 0 radical (unpaired) electrons. The Kier molecular flexibility index (Phi) is 5.32. The third-order valence-corrected chi connectivity index (χ3v) is 7.08. The van der Waals surface area contributed by atoms with Crippen molar-refractivity contribution < 1.29 is 26.7 Å². The number of rotatable bonds is 6. The Bertz CT molecular complexity index is 1400. The monoisotopic (exact) mass is 491 g/mol. The molecule has 34 heavy (non-hydrogen) atoms. The van der Waals surface area contributed by atoms with E-state index in [1.54, 1.807) is 25.1 Å². The number of pyridine rings is 1. The molecule has 1 aliphatic carbocycles. The van der Waals surface area contributed by atoms with Gasteiger partial charge in [0.05, 0.1) is 22.4 Å². The average Bonchev–Trinajstić information content (AvgIpc) is 3.12. The van der Waals surface area contributed by atoms with Gasteiger partial charge in [0.25, 0.3) is 5.92 Å². The van der Waals surface area contributed by atoms with Crippen LogP contribution in [-0.2, 0) is 19.4 Å². The third-order valence-electron chi connectivity index (χ3n) is 5.94. The zero-order chi connectivity index (χ0) is 24.3. The van der Waals surface area contributed by atoms with E-state index in [1.807, 2.05) is 0 Å². The van der Waals surface area contributed by atoms with Gasteiger partial charge in [-0.05, 0) is 37.5 Å². The average molecular weight is 492 g/mol. The first-order valence-electron chi connectivity index (χ1n) is 10.8. The van der Waals surface area contributed by atoms with Crippen LogP contribution in [0.5, 0.6) is 0 Å². The van der Waals surface area contributed by atoms with Crippen LogP contribution in [0.4, 0.5) is 26.0 Å². The van der Waals surface area contributed by atoms with Crippen molar-refractivity contribution in [2.45, 2.75) is 43.1 Å². The van der Waals surface area contributed by atoms with E-state index in [1.165, 1.54) is 6.07 Å². The second-order valence-corrected chi connectivity index (χ2v) is 10.7. The predicted octanol–water partition coefficient (Wildman–Crippen LogP) is 3.86. The number of amides is 1. The number of ether oxygens (including phenoxy) is 1. The fourth-order valence-corrected chi connectivity index (χ4v) is 4.98. The number of sulfone groups is 1. The smallest absolute Gasteiger partial charge is 0.260 e. The zero-order valence-corrected chi connectivity index (χ0v) is 19.3. The summed E-state index contributed by atoms with van der Waals surface area (Å²) in [6.45, 7) is 2.35. The maximum atomic E-state index is 13.3. The van der Waals surface area contributed by atoms with Crippen molar-refractivity contribution in [3.8, 4) is 0 Å². The van der Waals surface area contributed by atoms with Gasteiger partial charge < -0.3 is 20.4 Å². The molecule has 2 aromatic heterocycles. The highest BCUT2D eigenvalue weighted by Gasteiger charge is 2.61. The van der Waals surface area contributed by atoms with E-state index in [0.717, 1.165) is 24.7 Å². The number of hydrogen-bond donors (Lipinski definition) is 3. The number of alkyl halides is 2. The van der Waals surface area contributed by atoms with Crippen LogP contribution in [0.1, 0.15) is 36.8 Å². The molecule has 3 aromatic rings. The molecule has 1 aliphatic heterocycles. The number of aromatic amines is 1. The van der Waals surface area contributed by atoms with Gasteiger partial charge >= 0.3 is 0 Å². The maximum absolute atomic E-state index is 13.3. The molecule has 2 aliphatic rings. The standard InChI is InChI=1S/C22H23F2N5O4S/c1-11-25-19-15(9-18(28-20(19)26-11)29-21(30)13-10-22(13,23)24)27-14-6-5-12(16-4-3-7-33-16)8-17(14)34(2,31)32/h5-6,8-9,13,16H,3-4,7,10H2,1-2H3,(H3,25,26,27,28,29,30)/t13-,16+/m0/s1. The van der Waals surface area contributed by atoms with E-state index in [4.69, 9.17) is 4.74 Å². The summed E-state index contributed by atoms with van der Waals surface area (Å²) >= 11 is 0. The summed E-state index contributed by atoms with van der Waals surface area (Å²) in [5.74, 6) is -4.62. The minimum absolute atomic E-state index is 0.0447. The topological polar surface area (TPSA) is 126 Å². The molecule has 3 heterocycles. The first kappa shape index (κ1) is 22.7. The molecule has 0 bridgehead atoms. The molecular formula is C22H23F2N5O4S. The van der Waals surface area contributed by atoms with E-state index in [0.29, 0.717) is 35.0 Å². The van der Waals surface area contributed by atoms with Crippen LogP contribution in [0.25, 0.3) is 11.2 Å². The summed E-state index contributed by atoms with van der Waals surface area (Å²) in [5.41, 5.74) is 2.18. The van der Waals surface area contributed by atoms with Crippen molar-refractivity contribution in [1.82, 2.24) is 15.0 Å². The summed E-state index contributed by atoms with van der Waals surface area (Å²) in [6.07, 6.45) is 2.20. The van der Waals surface area contributed by atoms with Gasteiger partial charge in [0.15, 0.2) is 15.5 Å². The Labute approximate surface area is 194 Å². The molecule has 0 unspecified atom stereocenters. The lowest BCUT2D eigenvalue weighted by Gasteiger charge is -2.16. The van der Waals surface area contributed by atoms with Gasteiger partial charge in [-0.2, -0.15) is 0 Å². The molecule has 0 spiro atoms. The number of imidazole rings is 1. The summed E-state index contributed by atoms with van der Waals surface area (Å²) in [6, 6.07) is 6.50. The maximum Gasteiger partial charge on any atom is 0.260 e. The SMILES string of the molecule is Cc1nc2c(Nc3ccc([C@H]4CCCO4)cc3S(C)(=O)=O)cc(NC(=O)[C@@H]3CC3(F)F)nc2[nH]1. The van der Waals surface area contributed by atoms with Crippen LogP contribution in [-0.4, -0.2) is 48.1 Å². The van der Waals surface area contributed by atoms with Crippen LogP contribution < -0.4 is 10.6 Å². The molecule has 5 rings (SSSR count). The number of benzene rings is 1. The molecule has 2 atom stereocenters. The lowest BCUT2D eigenvalue weighted by molar-refractivity contribution is -0.119. The number of carbonyl (C=O) groups excluding carboxylic acids is 1. The van der Waals surface area contributed by atoms with Gasteiger partial charge in [0.2, 0.25) is 5.91 Å². The molecule has 2 fully saturated rings. The first-order valence-corrected chi connectivity index (χ1v) is 12.7. The largest absolute Gasteiger partial charge is 0.374 e. The molecule has 180 valence electrons. The van der Waals surface area contributed by atoms with Gasteiger partial charge in [-0.3, -0.25) is 4.79 Å². The van der Waals surface area contributed by atoms with Crippen molar-refractivity contribution in [1.29, 1.82) is 0 Å². The van der Waals surface area contributed by atoms with E-state index < -0.39 is 34.0 Å². The number of H-pyrrole nitrogens is 1. The number of nitrogens with zero attached hydrogens (tertiary/aromatic N) is 2. The lowest BCUT2D eigenvalue weighted by atomic mass is 10.1. The van der Waals surface area contributed by atoms with E-state index >= 15 is 0 Å². The fraction of sp³-hybridized carbons (Fsp3) is 0.409. The Morgan fingerprint density at radius 2 is 2.00 bits per heavy atom. The highest BCUT2D eigenvalue weighted by Crippen LogP contribution is 2.49. The van der Waals surface area contributed by atoms with Crippen LogP contribution in [0.3, 0.4) is 0 Å². The van der Waals surface area contributed by atoms with Gasteiger partial charge in [0, 0.05) is 25.3 Å². The van der Waals surface area contributed by atoms with E-state index in [2.05, 4.69) is 25.6 Å². The predicted molar refractivity (Wildman–Crippen MR) is 121 cm³/mol. The summed E-state index contributed by atoms with van der Waals surface area (Å²) in [5, 5.41) is 5.51. The molecule has 12 heteroatoms. The van der Waals surface area contributed by atoms with Crippen molar-refractivity contribution >= 4 is 44.1 Å². The van der Waals surface area contributed by atoms with Crippen LogP contribution >= 0.6 is 0 Å². The number of nitrogens with one attached hydrogen (secondary N) is 3. The number of anilines is 3.